The molecule has 38 heavy (non-hydrogen) atoms. The van der Waals surface area contributed by atoms with Crippen LogP contribution in [0.1, 0.15) is 12.0 Å². The molecule has 1 aliphatic heterocycles. The summed E-state index contributed by atoms with van der Waals surface area (Å²) in [5, 5.41) is 2.95. The Hall–Kier alpha value is -4.19. The average Bonchev–Trinajstić information content (AvgIpc) is 3.73. The van der Waals surface area contributed by atoms with Gasteiger partial charge in [0.2, 0.25) is 17.7 Å². The molecule has 1 heterocycles. The van der Waals surface area contributed by atoms with E-state index in [4.69, 9.17) is 4.74 Å². The highest BCUT2D eigenvalue weighted by atomic mass is 16.5. The quantitative estimate of drug-likeness (QED) is 0.360. The number of hydrogen-bond donors (Lipinski definition) is 1. The maximum absolute atomic E-state index is 13.8. The molecule has 3 fully saturated rings. The van der Waals surface area contributed by atoms with Crippen LogP contribution in [0.25, 0.3) is 0 Å². The molecule has 3 aromatic rings. The fourth-order valence-corrected chi connectivity index (χ4v) is 6.88. The molecule has 1 saturated heterocycles. The molecular weight excluding hydrogens is 476 g/mol. The molecule has 190 valence electrons. The van der Waals surface area contributed by atoms with Crippen LogP contribution >= 0.6 is 0 Å². The highest BCUT2D eigenvalue weighted by Gasteiger charge is 2.67. The van der Waals surface area contributed by atoms with Gasteiger partial charge in [-0.1, -0.05) is 60.7 Å². The molecule has 0 radical (unpaired) electrons. The molecule has 0 aromatic heterocycles. The second-order valence-electron chi connectivity index (χ2n) is 10.8. The largest absolute Gasteiger partial charge is 0.457 e. The topological polar surface area (TPSA) is 75.7 Å². The highest BCUT2D eigenvalue weighted by molar-refractivity contribution is 6.10. The number of para-hydroxylation sites is 1. The van der Waals surface area contributed by atoms with Crippen LogP contribution in [-0.4, -0.2) is 28.7 Å². The number of nitrogens with one attached hydrogen (secondary N) is 1. The molecule has 5 aliphatic rings. The number of likely N-dealkylation sites (tertiary alicyclic amines) is 1. The summed E-state index contributed by atoms with van der Waals surface area (Å²) in [5.74, 6) is 1.23. The van der Waals surface area contributed by atoms with E-state index in [2.05, 4.69) is 17.5 Å². The summed E-state index contributed by atoms with van der Waals surface area (Å²) in [6.07, 6.45) is 5.68. The van der Waals surface area contributed by atoms with Gasteiger partial charge < -0.3 is 10.1 Å². The number of nitrogens with zero attached hydrogens (tertiary/aromatic N) is 1. The predicted octanol–water partition coefficient (Wildman–Crippen LogP) is 5.08. The van der Waals surface area contributed by atoms with Gasteiger partial charge >= 0.3 is 0 Å². The number of allylic oxidation sites excluding steroid dienone is 2. The lowest BCUT2D eigenvalue weighted by atomic mass is 9.63. The van der Waals surface area contributed by atoms with Crippen LogP contribution in [0.4, 0.5) is 5.69 Å². The molecule has 1 N–H and O–H groups in total. The number of hydrogen-bond acceptors (Lipinski definition) is 4. The van der Waals surface area contributed by atoms with E-state index >= 15 is 0 Å². The Balaban J connectivity index is 1.14. The van der Waals surface area contributed by atoms with E-state index in [1.807, 2.05) is 60.7 Å². The molecule has 3 amide bonds. The van der Waals surface area contributed by atoms with Gasteiger partial charge in [0.05, 0.1) is 11.8 Å². The molecule has 4 aliphatic carbocycles. The standard InChI is InChI=1S/C32H28N2O4/c35-30(33-20-11-13-22(14-12-20)38-21-9-5-2-6-10-21)27(17-19-7-3-1-4-8-19)34-31(36)28-23-15-16-24(26-18-25(23)26)29(28)32(34)37/h1-16,23-29H,17-18H2,(H,33,35)/t23-,24-,25-,26+,27+,28+,29-/m1/s1. The number of carbonyl (C=O) groups is 3. The maximum atomic E-state index is 13.8. The van der Waals surface area contributed by atoms with Gasteiger partial charge in [-0.2, -0.15) is 0 Å². The minimum atomic E-state index is -0.918. The Morgan fingerprint density at radius 3 is 1.95 bits per heavy atom. The maximum Gasteiger partial charge on any atom is 0.248 e. The van der Waals surface area contributed by atoms with Gasteiger partial charge in [-0.15, -0.1) is 0 Å². The van der Waals surface area contributed by atoms with Crippen LogP contribution in [0.15, 0.2) is 97.1 Å². The zero-order valence-electron chi connectivity index (χ0n) is 20.8. The van der Waals surface area contributed by atoms with Crippen molar-refractivity contribution in [2.75, 3.05) is 5.32 Å². The predicted molar refractivity (Wildman–Crippen MR) is 142 cm³/mol. The molecule has 0 unspecified atom stereocenters. The Kier molecular flexibility index (Phi) is 5.43. The summed E-state index contributed by atoms with van der Waals surface area (Å²) in [7, 11) is 0. The fraction of sp³-hybridized carbons (Fsp3) is 0.281. The summed E-state index contributed by atoms with van der Waals surface area (Å²) in [5.41, 5.74) is 1.48. The lowest BCUT2D eigenvalue weighted by Crippen LogP contribution is -2.49. The highest BCUT2D eigenvalue weighted by Crippen LogP contribution is 2.65. The van der Waals surface area contributed by atoms with Crippen LogP contribution in [0.3, 0.4) is 0 Å². The molecule has 2 saturated carbocycles. The summed E-state index contributed by atoms with van der Waals surface area (Å²) in [6, 6.07) is 25.2. The minimum absolute atomic E-state index is 0.119. The number of rotatable bonds is 7. The van der Waals surface area contributed by atoms with Crippen molar-refractivity contribution in [2.24, 2.45) is 35.5 Å². The lowest BCUT2D eigenvalue weighted by molar-refractivity contribution is -0.146. The van der Waals surface area contributed by atoms with Crippen molar-refractivity contribution in [1.29, 1.82) is 0 Å². The van der Waals surface area contributed by atoms with Crippen LogP contribution in [0, 0.1) is 35.5 Å². The van der Waals surface area contributed by atoms with Crippen LogP contribution in [0.2, 0.25) is 0 Å². The van der Waals surface area contributed by atoms with E-state index in [1.165, 1.54) is 4.90 Å². The smallest absolute Gasteiger partial charge is 0.248 e. The number of amides is 3. The lowest BCUT2D eigenvalue weighted by Gasteiger charge is -2.37. The van der Waals surface area contributed by atoms with Gasteiger partial charge in [-0.25, -0.2) is 0 Å². The Bertz CT molecular complexity index is 1380. The molecule has 6 heteroatoms. The zero-order valence-corrected chi connectivity index (χ0v) is 20.8. The van der Waals surface area contributed by atoms with Crippen molar-refractivity contribution < 1.29 is 19.1 Å². The first-order valence-electron chi connectivity index (χ1n) is 13.3. The number of imide groups is 1. The normalized spacial score (nSPS) is 29.0. The monoisotopic (exact) mass is 504 g/mol. The van der Waals surface area contributed by atoms with E-state index in [-0.39, 0.29) is 47.8 Å². The molecule has 2 bridgehead atoms. The zero-order chi connectivity index (χ0) is 25.8. The van der Waals surface area contributed by atoms with Gasteiger partial charge in [0, 0.05) is 12.1 Å². The third-order valence-electron chi connectivity index (χ3n) is 8.68. The number of ether oxygens (including phenoxy) is 1. The van der Waals surface area contributed by atoms with Crippen molar-refractivity contribution in [1.82, 2.24) is 4.90 Å². The summed E-state index contributed by atoms with van der Waals surface area (Å²) < 4.78 is 5.85. The van der Waals surface area contributed by atoms with E-state index in [0.29, 0.717) is 23.3 Å². The molecular formula is C32H28N2O4. The van der Waals surface area contributed by atoms with Gasteiger partial charge in [0.25, 0.3) is 0 Å². The van der Waals surface area contributed by atoms with Gasteiger partial charge in [-0.3, -0.25) is 19.3 Å². The Labute approximate surface area is 221 Å². The number of benzene rings is 3. The van der Waals surface area contributed by atoms with Crippen molar-refractivity contribution in [2.45, 2.75) is 18.9 Å². The molecule has 6 nitrogen and oxygen atoms in total. The van der Waals surface area contributed by atoms with Crippen molar-refractivity contribution in [3.05, 3.63) is 103 Å². The molecule has 3 aromatic carbocycles. The Morgan fingerprint density at radius 1 is 0.789 bits per heavy atom. The van der Waals surface area contributed by atoms with Crippen molar-refractivity contribution in [3.63, 3.8) is 0 Å². The van der Waals surface area contributed by atoms with Gasteiger partial charge in [0.1, 0.15) is 17.5 Å². The Morgan fingerprint density at radius 2 is 1.34 bits per heavy atom. The number of carbonyl (C=O) groups excluding carboxylic acids is 3. The first-order valence-corrected chi connectivity index (χ1v) is 13.3. The van der Waals surface area contributed by atoms with Crippen LogP contribution in [-0.2, 0) is 20.8 Å². The summed E-state index contributed by atoms with van der Waals surface area (Å²) in [4.78, 5) is 42.6. The molecule has 7 atom stereocenters. The molecule has 8 rings (SSSR count). The van der Waals surface area contributed by atoms with E-state index in [1.54, 1.807) is 24.3 Å². The van der Waals surface area contributed by atoms with Crippen molar-refractivity contribution in [3.8, 4) is 11.5 Å². The third kappa shape index (κ3) is 3.83. The van der Waals surface area contributed by atoms with E-state index < -0.39 is 6.04 Å². The van der Waals surface area contributed by atoms with Crippen LogP contribution < -0.4 is 10.1 Å². The second kappa shape index (κ2) is 8.98. The first-order chi connectivity index (χ1) is 18.6. The minimum Gasteiger partial charge on any atom is -0.457 e. The fourth-order valence-electron chi connectivity index (χ4n) is 6.88. The van der Waals surface area contributed by atoms with E-state index in [9.17, 15) is 14.4 Å². The van der Waals surface area contributed by atoms with Gasteiger partial charge in [-0.05, 0) is 72.1 Å². The SMILES string of the molecule is O=C(Nc1ccc(Oc2ccccc2)cc1)[C@H](Cc1ccccc1)N1C(=O)[C@@H]2[C@@H]3C=C[C@H]([C@H]4C[C@@H]34)[C@@H]2C1=O. The molecule has 0 spiro atoms. The second-order valence-corrected chi connectivity index (χ2v) is 10.8. The third-order valence-corrected chi connectivity index (χ3v) is 8.68. The first kappa shape index (κ1) is 23.0. The van der Waals surface area contributed by atoms with Crippen LogP contribution in [0.5, 0.6) is 11.5 Å². The average molecular weight is 505 g/mol. The number of anilines is 1. The summed E-state index contributed by atoms with van der Waals surface area (Å²) in [6.45, 7) is 0. The van der Waals surface area contributed by atoms with E-state index in [0.717, 1.165) is 17.7 Å². The van der Waals surface area contributed by atoms with Gasteiger partial charge in [0.15, 0.2) is 0 Å². The summed E-state index contributed by atoms with van der Waals surface area (Å²) >= 11 is 0. The van der Waals surface area contributed by atoms with Crippen molar-refractivity contribution >= 4 is 23.4 Å².